The first-order chi connectivity index (χ1) is 6.54. The molecule has 2 rings (SSSR count). The highest BCUT2D eigenvalue weighted by Crippen LogP contribution is 2.51. The molecule has 1 saturated carbocycles. The molecule has 0 bridgehead atoms. The fourth-order valence-corrected chi connectivity index (χ4v) is 2.06. The Hall–Kier alpha value is -0.730. The van der Waals surface area contributed by atoms with E-state index in [0.717, 1.165) is 24.1 Å². The third kappa shape index (κ3) is 1.49. The average Bonchev–Trinajstić information content (AvgIpc) is 2.84. The first-order valence-electron chi connectivity index (χ1n) is 4.73. The summed E-state index contributed by atoms with van der Waals surface area (Å²) in [5.41, 5.74) is 1.22. The molecule has 1 aliphatic rings. The molecule has 1 fully saturated rings. The first-order valence-corrected chi connectivity index (χ1v) is 5.11. The Balaban J connectivity index is 2.54. The van der Waals surface area contributed by atoms with Crippen LogP contribution in [-0.4, -0.2) is 19.2 Å². The number of benzene rings is 1. The zero-order valence-electron chi connectivity index (χ0n) is 8.42. The van der Waals surface area contributed by atoms with E-state index in [1.165, 1.54) is 0 Å². The predicted octanol–water partition coefficient (Wildman–Crippen LogP) is 2.39. The second-order valence-corrected chi connectivity index (χ2v) is 4.47. The van der Waals surface area contributed by atoms with E-state index < -0.39 is 5.60 Å². The van der Waals surface area contributed by atoms with Crippen molar-refractivity contribution in [2.75, 3.05) is 19.0 Å². The van der Waals surface area contributed by atoms with Crippen LogP contribution in [0.4, 0.5) is 5.69 Å². The van der Waals surface area contributed by atoms with Gasteiger partial charge in [0.15, 0.2) is 0 Å². The molecule has 2 nitrogen and oxygen atoms in total. The molecule has 76 valence electrons. The molecule has 0 unspecified atom stereocenters. The minimum absolute atomic E-state index is 0.663. The molecular formula is C11H14ClNO. The van der Waals surface area contributed by atoms with Crippen molar-refractivity contribution < 1.29 is 5.11 Å². The number of aliphatic hydroxyl groups is 1. The Morgan fingerprint density at radius 3 is 2.50 bits per heavy atom. The van der Waals surface area contributed by atoms with Crippen LogP contribution in [0.1, 0.15) is 18.4 Å². The van der Waals surface area contributed by atoms with Gasteiger partial charge in [-0.1, -0.05) is 17.7 Å². The van der Waals surface area contributed by atoms with Crippen LogP contribution in [-0.2, 0) is 5.60 Å². The fraction of sp³-hybridized carbons (Fsp3) is 0.455. The van der Waals surface area contributed by atoms with Gasteiger partial charge in [-0.3, -0.25) is 0 Å². The molecule has 14 heavy (non-hydrogen) atoms. The lowest BCUT2D eigenvalue weighted by atomic mass is 10.0. The van der Waals surface area contributed by atoms with E-state index in [1.807, 2.05) is 37.2 Å². The van der Waals surface area contributed by atoms with E-state index in [2.05, 4.69) is 0 Å². The normalized spacial score (nSPS) is 18.0. The summed E-state index contributed by atoms with van der Waals surface area (Å²) in [6.45, 7) is 0. The summed E-state index contributed by atoms with van der Waals surface area (Å²) in [4.78, 5) is 1.98. The van der Waals surface area contributed by atoms with Gasteiger partial charge in [-0.05, 0) is 25.0 Å². The second kappa shape index (κ2) is 3.14. The first kappa shape index (κ1) is 9.81. The van der Waals surface area contributed by atoms with Crippen molar-refractivity contribution in [2.45, 2.75) is 18.4 Å². The van der Waals surface area contributed by atoms with Crippen LogP contribution in [0, 0.1) is 0 Å². The van der Waals surface area contributed by atoms with Gasteiger partial charge < -0.3 is 10.0 Å². The quantitative estimate of drug-likeness (QED) is 0.812. The number of rotatable bonds is 2. The number of halogens is 1. The summed E-state index contributed by atoms with van der Waals surface area (Å²) < 4.78 is 0. The Morgan fingerprint density at radius 1 is 1.36 bits per heavy atom. The van der Waals surface area contributed by atoms with Crippen molar-refractivity contribution in [1.29, 1.82) is 0 Å². The van der Waals surface area contributed by atoms with Gasteiger partial charge in [-0.2, -0.15) is 0 Å². The summed E-state index contributed by atoms with van der Waals surface area (Å²) in [5.74, 6) is 0. The third-order valence-corrected chi connectivity index (χ3v) is 2.98. The highest BCUT2D eigenvalue weighted by atomic mass is 35.5. The summed E-state index contributed by atoms with van der Waals surface area (Å²) in [5, 5.41) is 10.8. The molecule has 1 aromatic rings. The van der Waals surface area contributed by atoms with E-state index in [9.17, 15) is 5.11 Å². The van der Waals surface area contributed by atoms with Gasteiger partial charge in [-0.15, -0.1) is 0 Å². The minimum Gasteiger partial charge on any atom is -0.385 e. The average molecular weight is 212 g/mol. The molecule has 3 heteroatoms. The van der Waals surface area contributed by atoms with Crippen LogP contribution in [0.25, 0.3) is 0 Å². The molecule has 0 aliphatic heterocycles. The fourth-order valence-electron chi connectivity index (χ4n) is 1.71. The molecule has 0 spiro atoms. The van der Waals surface area contributed by atoms with Crippen LogP contribution < -0.4 is 4.90 Å². The molecule has 0 radical (unpaired) electrons. The van der Waals surface area contributed by atoms with E-state index in [-0.39, 0.29) is 0 Å². The summed E-state index contributed by atoms with van der Waals surface area (Å²) in [7, 11) is 3.92. The van der Waals surface area contributed by atoms with Crippen LogP contribution in [0.2, 0.25) is 5.02 Å². The third-order valence-electron chi connectivity index (χ3n) is 2.66. The van der Waals surface area contributed by atoms with Crippen molar-refractivity contribution in [3.05, 3.63) is 28.8 Å². The Morgan fingerprint density at radius 2 is 2.00 bits per heavy atom. The maximum atomic E-state index is 10.1. The zero-order valence-corrected chi connectivity index (χ0v) is 9.17. The van der Waals surface area contributed by atoms with Crippen molar-refractivity contribution in [2.24, 2.45) is 0 Å². The van der Waals surface area contributed by atoms with Gasteiger partial charge >= 0.3 is 0 Å². The van der Waals surface area contributed by atoms with Crippen LogP contribution in [0.3, 0.4) is 0 Å². The van der Waals surface area contributed by atoms with E-state index >= 15 is 0 Å². The highest BCUT2D eigenvalue weighted by molar-refractivity contribution is 6.32. The van der Waals surface area contributed by atoms with Crippen molar-refractivity contribution >= 4 is 17.3 Å². The van der Waals surface area contributed by atoms with E-state index in [4.69, 9.17) is 11.6 Å². The summed E-state index contributed by atoms with van der Waals surface area (Å²) in [6.07, 6.45) is 1.63. The molecular weight excluding hydrogens is 198 g/mol. The van der Waals surface area contributed by atoms with Gasteiger partial charge in [0, 0.05) is 30.4 Å². The minimum atomic E-state index is -0.669. The summed E-state index contributed by atoms with van der Waals surface area (Å²) >= 11 is 6.11. The number of hydrogen-bond acceptors (Lipinski definition) is 2. The molecule has 1 aromatic carbocycles. The van der Waals surface area contributed by atoms with Gasteiger partial charge in [-0.25, -0.2) is 0 Å². The maximum Gasteiger partial charge on any atom is 0.0933 e. The van der Waals surface area contributed by atoms with E-state index in [0.29, 0.717) is 5.02 Å². The lowest BCUT2D eigenvalue weighted by molar-refractivity contribution is 0.152. The number of hydrogen-bond donors (Lipinski definition) is 1. The topological polar surface area (TPSA) is 23.5 Å². The highest BCUT2D eigenvalue weighted by Gasteiger charge is 2.45. The SMILES string of the molecule is CN(C)c1cccc(Cl)c1C1(O)CC1. The lowest BCUT2D eigenvalue weighted by Gasteiger charge is -2.21. The largest absolute Gasteiger partial charge is 0.385 e. The monoisotopic (exact) mass is 211 g/mol. The smallest absolute Gasteiger partial charge is 0.0933 e. The lowest BCUT2D eigenvalue weighted by Crippen LogP contribution is -2.16. The molecule has 0 atom stereocenters. The molecule has 0 amide bonds. The maximum absolute atomic E-state index is 10.1. The zero-order chi connectivity index (χ0) is 10.3. The van der Waals surface area contributed by atoms with Crippen molar-refractivity contribution in [1.82, 2.24) is 0 Å². The van der Waals surface area contributed by atoms with Gasteiger partial charge in [0.25, 0.3) is 0 Å². The molecule has 0 saturated heterocycles. The summed E-state index contributed by atoms with van der Waals surface area (Å²) in [6, 6.07) is 5.73. The predicted molar refractivity (Wildman–Crippen MR) is 58.9 cm³/mol. The van der Waals surface area contributed by atoms with Crippen LogP contribution in [0.5, 0.6) is 0 Å². The standard InChI is InChI=1S/C11H14ClNO/c1-13(2)9-5-3-4-8(12)10(9)11(14)6-7-11/h3-5,14H,6-7H2,1-2H3. The molecule has 1 N–H and O–H groups in total. The Labute approximate surface area is 89.1 Å². The van der Waals surface area contributed by atoms with Crippen molar-refractivity contribution in [3.63, 3.8) is 0 Å². The number of anilines is 1. The second-order valence-electron chi connectivity index (χ2n) is 4.06. The van der Waals surface area contributed by atoms with Crippen LogP contribution >= 0.6 is 11.6 Å². The van der Waals surface area contributed by atoms with E-state index in [1.54, 1.807) is 0 Å². The Kier molecular flexibility index (Phi) is 2.20. The van der Waals surface area contributed by atoms with Crippen molar-refractivity contribution in [3.8, 4) is 0 Å². The molecule has 0 heterocycles. The van der Waals surface area contributed by atoms with Gasteiger partial charge in [0.05, 0.1) is 5.60 Å². The van der Waals surface area contributed by atoms with Crippen LogP contribution in [0.15, 0.2) is 18.2 Å². The van der Waals surface area contributed by atoms with Gasteiger partial charge in [0.1, 0.15) is 0 Å². The van der Waals surface area contributed by atoms with Gasteiger partial charge in [0.2, 0.25) is 0 Å². The number of nitrogens with zero attached hydrogens (tertiary/aromatic N) is 1. The molecule has 1 aliphatic carbocycles. The Bertz CT molecular complexity index is 358. The molecule has 0 aromatic heterocycles.